The van der Waals surface area contributed by atoms with Gasteiger partial charge in [-0.1, -0.05) is 24.3 Å². The monoisotopic (exact) mass is 425 g/mol. The molecule has 1 aromatic heterocycles. The normalized spacial score (nSPS) is 11.2. The molecular weight excluding hydrogens is 401 g/mol. The molecule has 3 N–H and O–H groups in total. The molecule has 0 aliphatic rings. The van der Waals surface area contributed by atoms with Crippen molar-refractivity contribution in [3.8, 4) is 22.4 Å². The molecule has 0 saturated heterocycles. The standard InChI is InChI=1S/C22H24FN5OS/c1-22(2,3)28-30-19-8-6-5-7-15(19)14-9-10-16(17(23)11-14)18-12-25-20(24-4)21(27-18)26-13-29/h5-13,28H,1-4H3,(H,24,25)(H,26,27,29). The third-order valence-electron chi connectivity index (χ3n) is 4.12. The van der Waals surface area contributed by atoms with Crippen LogP contribution < -0.4 is 15.4 Å². The smallest absolute Gasteiger partial charge is 0.212 e. The van der Waals surface area contributed by atoms with E-state index in [1.807, 2.05) is 30.3 Å². The summed E-state index contributed by atoms with van der Waals surface area (Å²) in [6.45, 7) is 6.27. The lowest BCUT2D eigenvalue weighted by Gasteiger charge is -2.20. The molecule has 0 atom stereocenters. The van der Waals surface area contributed by atoms with Crippen molar-refractivity contribution in [1.29, 1.82) is 0 Å². The first kappa shape index (κ1) is 21.7. The molecule has 0 aliphatic heterocycles. The van der Waals surface area contributed by atoms with Crippen molar-refractivity contribution >= 4 is 30.0 Å². The van der Waals surface area contributed by atoms with Crippen LogP contribution in [-0.4, -0.2) is 29.0 Å². The second-order valence-corrected chi connectivity index (χ2v) is 8.46. The molecule has 1 heterocycles. The number of hydrogen-bond acceptors (Lipinski definition) is 6. The Kier molecular flexibility index (Phi) is 6.69. The summed E-state index contributed by atoms with van der Waals surface area (Å²) in [4.78, 5) is 20.3. The summed E-state index contributed by atoms with van der Waals surface area (Å²) in [6, 6.07) is 12.9. The van der Waals surface area contributed by atoms with Crippen molar-refractivity contribution in [3.63, 3.8) is 0 Å². The molecule has 2 aromatic carbocycles. The Hall–Kier alpha value is -2.97. The van der Waals surface area contributed by atoms with E-state index in [0.717, 1.165) is 16.0 Å². The van der Waals surface area contributed by atoms with Gasteiger partial charge in [0.05, 0.1) is 11.9 Å². The number of nitrogens with one attached hydrogen (secondary N) is 3. The van der Waals surface area contributed by atoms with Gasteiger partial charge in [0.15, 0.2) is 11.6 Å². The molecule has 0 bridgehead atoms. The molecule has 156 valence electrons. The maximum absolute atomic E-state index is 15.0. The SMILES string of the molecule is CNc1ncc(-c2ccc(-c3ccccc3SNC(C)(C)C)cc2F)nc1NC=O. The van der Waals surface area contributed by atoms with E-state index in [2.05, 4.69) is 46.1 Å². The predicted octanol–water partition coefficient (Wildman–Crippen LogP) is 4.95. The van der Waals surface area contributed by atoms with Crippen LogP contribution in [0.5, 0.6) is 0 Å². The van der Waals surface area contributed by atoms with Crippen molar-refractivity contribution in [3.05, 3.63) is 54.5 Å². The van der Waals surface area contributed by atoms with Crippen molar-refractivity contribution < 1.29 is 9.18 Å². The number of carbonyl (C=O) groups excluding carboxylic acids is 1. The first-order valence-corrected chi connectivity index (χ1v) is 10.2. The van der Waals surface area contributed by atoms with Gasteiger partial charge in [-0.15, -0.1) is 0 Å². The largest absolute Gasteiger partial charge is 0.370 e. The Morgan fingerprint density at radius 3 is 2.50 bits per heavy atom. The van der Waals surface area contributed by atoms with Crippen LogP contribution in [0, 0.1) is 5.82 Å². The molecule has 3 rings (SSSR count). The molecule has 0 aliphatic carbocycles. The number of hydrogen-bond donors (Lipinski definition) is 3. The first-order chi connectivity index (χ1) is 14.3. The van der Waals surface area contributed by atoms with E-state index in [0.29, 0.717) is 23.5 Å². The molecule has 30 heavy (non-hydrogen) atoms. The van der Waals surface area contributed by atoms with Gasteiger partial charge in [-0.3, -0.25) is 9.52 Å². The average Bonchev–Trinajstić information content (AvgIpc) is 2.72. The lowest BCUT2D eigenvalue weighted by atomic mass is 10.0. The fraction of sp³-hybridized carbons (Fsp3) is 0.227. The Bertz CT molecular complexity index is 1050. The van der Waals surface area contributed by atoms with E-state index in [4.69, 9.17) is 0 Å². The van der Waals surface area contributed by atoms with Crippen molar-refractivity contribution in [2.45, 2.75) is 31.2 Å². The van der Waals surface area contributed by atoms with Gasteiger partial charge in [-0.05, 0) is 62.0 Å². The number of halogens is 1. The molecule has 8 heteroatoms. The van der Waals surface area contributed by atoms with E-state index in [1.165, 1.54) is 24.2 Å². The van der Waals surface area contributed by atoms with Crippen LogP contribution >= 0.6 is 11.9 Å². The van der Waals surface area contributed by atoms with Gasteiger partial charge in [0.25, 0.3) is 0 Å². The number of aromatic nitrogens is 2. The Morgan fingerprint density at radius 1 is 1.07 bits per heavy atom. The van der Waals surface area contributed by atoms with Gasteiger partial charge < -0.3 is 10.6 Å². The lowest BCUT2D eigenvalue weighted by Crippen LogP contribution is -2.29. The van der Waals surface area contributed by atoms with Crippen LogP contribution in [-0.2, 0) is 4.79 Å². The van der Waals surface area contributed by atoms with E-state index in [1.54, 1.807) is 13.1 Å². The minimum absolute atomic E-state index is 0.0572. The zero-order valence-electron chi connectivity index (χ0n) is 17.3. The third kappa shape index (κ3) is 5.14. The Morgan fingerprint density at radius 2 is 1.83 bits per heavy atom. The van der Waals surface area contributed by atoms with E-state index < -0.39 is 5.82 Å². The van der Waals surface area contributed by atoms with Crippen LogP contribution in [0.4, 0.5) is 16.0 Å². The molecular formula is C22H24FN5OS. The number of anilines is 2. The van der Waals surface area contributed by atoms with E-state index >= 15 is 4.39 Å². The van der Waals surface area contributed by atoms with Crippen LogP contribution in [0.1, 0.15) is 20.8 Å². The summed E-state index contributed by atoms with van der Waals surface area (Å²) in [5.74, 6) is 0.225. The van der Waals surface area contributed by atoms with Gasteiger partial charge >= 0.3 is 0 Å². The second kappa shape index (κ2) is 9.23. The molecule has 0 radical (unpaired) electrons. The molecule has 6 nitrogen and oxygen atoms in total. The summed E-state index contributed by atoms with van der Waals surface area (Å²) in [5, 5.41) is 5.31. The lowest BCUT2D eigenvalue weighted by molar-refractivity contribution is -0.105. The van der Waals surface area contributed by atoms with E-state index in [-0.39, 0.29) is 11.4 Å². The quantitative estimate of drug-likeness (QED) is 0.367. The fourth-order valence-corrected chi connectivity index (χ4v) is 3.61. The number of benzene rings is 2. The number of amides is 1. The van der Waals surface area contributed by atoms with Crippen molar-refractivity contribution in [2.24, 2.45) is 0 Å². The summed E-state index contributed by atoms with van der Waals surface area (Å²) in [5.41, 5.74) is 2.28. The van der Waals surface area contributed by atoms with Crippen molar-refractivity contribution in [1.82, 2.24) is 14.7 Å². The van der Waals surface area contributed by atoms with Gasteiger partial charge in [0, 0.05) is 23.0 Å². The highest BCUT2D eigenvalue weighted by molar-refractivity contribution is 7.97. The molecule has 0 fully saturated rings. The zero-order chi connectivity index (χ0) is 21.7. The molecule has 1 amide bonds. The maximum atomic E-state index is 15.0. The molecule has 0 saturated carbocycles. The Labute approximate surface area is 179 Å². The second-order valence-electron chi connectivity index (χ2n) is 7.61. The van der Waals surface area contributed by atoms with E-state index in [9.17, 15) is 4.79 Å². The summed E-state index contributed by atoms with van der Waals surface area (Å²) in [7, 11) is 1.67. The minimum atomic E-state index is -0.417. The highest BCUT2D eigenvalue weighted by Crippen LogP contribution is 2.34. The first-order valence-electron chi connectivity index (χ1n) is 9.40. The van der Waals surface area contributed by atoms with Gasteiger partial charge in [0.2, 0.25) is 6.41 Å². The minimum Gasteiger partial charge on any atom is -0.370 e. The molecule has 0 spiro atoms. The summed E-state index contributed by atoms with van der Waals surface area (Å²) in [6.07, 6.45) is 1.98. The van der Waals surface area contributed by atoms with Crippen LogP contribution in [0.25, 0.3) is 22.4 Å². The molecule has 3 aromatic rings. The predicted molar refractivity (Wildman–Crippen MR) is 121 cm³/mol. The average molecular weight is 426 g/mol. The fourth-order valence-electron chi connectivity index (χ4n) is 2.75. The summed E-state index contributed by atoms with van der Waals surface area (Å²) >= 11 is 1.52. The van der Waals surface area contributed by atoms with Gasteiger partial charge in [-0.25, -0.2) is 14.4 Å². The highest BCUT2D eigenvalue weighted by atomic mass is 32.2. The number of carbonyl (C=O) groups is 1. The van der Waals surface area contributed by atoms with Crippen LogP contribution in [0.15, 0.2) is 53.6 Å². The molecule has 0 unspecified atom stereocenters. The Balaban J connectivity index is 1.95. The summed E-state index contributed by atoms with van der Waals surface area (Å²) < 4.78 is 18.4. The zero-order valence-corrected chi connectivity index (χ0v) is 18.1. The topological polar surface area (TPSA) is 78.9 Å². The highest BCUT2D eigenvalue weighted by Gasteiger charge is 2.15. The third-order valence-corrected chi connectivity index (χ3v) is 5.41. The van der Waals surface area contributed by atoms with Gasteiger partial charge in [-0.2, -0.15) is 0 Å². The number of nitrogens with zero attached hydrogens (tertiary/aromatic N) is 2. The van der Waals surface area contributed by atoms with Gasteiger partial charge in [0.1, 0.15) is 5.82 Å². The van der Waals surface area contributed by atoms with Crippen LogP contribution in [0.2, 0.25) is 0 Å². The van der Waals surface area contributed by atoms with Crippen molar-refractivity contribution in [2.75, 3.05) is 17.7 Å². The maximum Gasteiger partial charge on any atom is 0.212 e. The van der Waals surface area contributed by atoms with Crippen LogP contribution in [0.3, 0.4) is 0 Å². The number of rotatable bonds is 7.